The molecule has 1 unspecified atom stereocenters. The summed E-state index contributed by atoms with van der Waals surface area (Å²) in [4.78, 5) is 0.314. The maximum absolute atomic E-state index is 4.00. The first-order valence-electron chi connectivity index (χ1n) is 7.82. The Balaban J connectivity index is 2.45. The van der Waals surface area contributed by atoms with Gasteiger partial charge in [0.1, 0.15) is 0 Å². The maximum Gasteiger partial charge on any atom is 0.0489 e. The van der Waals surface area contributed by atoms with Crippen molar-refractivity contribution in [3.63, 3.8) is 0 Å². The Hall–Kier alpha value is -1.08. The molecule has 1 heteroatoms. The summed E-state index contributed by atoms with van der Waals surface area (Å²) in [6.07, 6.45) is 2.16. The van der Waals surface area contributed by atoms with Crippen LogP contribution in [0.4, 0.5) is 0 Å². The third-order valence-electron chi connectivity index (χ3n) is 4.42. The second-order valence-corrected chi connectivity index (χ2v) is 7.11. The molecule has 0 aliphatic rings. The van der Waals surface area contributed by atoms with Gasteiger partial charge in [-0.3, -0.25) is 0 Å². The van der Waals surface area contributed by atoms with Gasteiger partial charge in [0.15, 0.2) is 0 Å². The zero-order chi connectivity index (χ0) is 15.5. The zero-order valence-corrected chi connectivity index (χ0v) is 15.1. The average molecular weight is 345 g/mol. The lowest BCUT2D eigenvalue weighted by atomic mass is 9.77. The Morgan fingerprint density at radius 3 is 2.19 bits per heavy atom. The fraction of sp³-hybridized carbons (Fsp3) is 0.400. The van der Waals surface area contributed by atoms with Gasteiger partial charge >= 0.3 is 0 Å². The van der Waals surface area contributed by atoms with Gasteiger partial charge in [0.25, 0.3) is 0 Å². The predicted molar refractivity (Wildman–Crippen MR) is 96.3 cm³/mol. The van der Waals surface area contributed by atoms with E-state index in [9.17, 15) is 0 Å². The Labute approximate surface area is 137 Å². The summed E-state index contributed by atoms with van der Waals surface area (Å²) >= 11 is 4.00. The molecule has 0 aliphatic heterocycles. The van der Waals surface area contributed by atoms with Crippen molar-refractivity contribution in [2.75, 3.05) is 0 Å². The van der Waals surface area contributed by atoms with Crippen molar-refractivity contribution in [2.45, 2.75) is 50.8 Å². The molecule has 2 aromatic rings. The first-order chi connectivity index (χ1) is 10.0. The van der Waals surface area contributed by atoms with Crippen LogP contribution in [0.25, 0.3) is 0 Å². The average Bonchev–Trinajstić information content (AvgIpc) is 2.54. The minimum atomic E-state index is 0.0531. The Bertz CT molecular complexity index is 584. The SMILES string of the molecule is CCc1ccc(CC)c(C(Br)C(C)(C)c2ccccc2)c1. The molecule has 0 radical (unpaired) electrons. The third kappa shape index (κ3) is 3.40. The minimum Gasteiger partial charge on any atom is -0.0829 e. The summed E-state index contributed by atoms with van der Waals surface area (Å²) in [7, 11) is 0. The number of hydrogen-bond acceptors (Lipinski definition) is 0. The molecule has 112 valence electrons. The molecule has 0 fully saturated rings. The van der Waals surface area contributed by atoms with Crippen molar-refractivity contribution in [3.05, 3.63) is 70.8 Å². The van der Waals surface area contributed by atoms with E-state index in [2.05, 4.69) is 92.2 Å². The van der Waals surface area contributed by atoms with E-state index in [1.165, 1.54) is 22.3 Å². The van der Waals surface area contributed by atoms with Crippen LogP contribution in [-0.2, 0) is 18.3 Å². The number of hydrogen-bond donors (Lipinski definition) is 0. The summed E-state index contributed by atoms with van der Waals surface area (Å²) in [5.41, 5.74) is 5.72. The molecule has 0 bridgehead atoms. The van der Waals surface area contributed by atoms with Gasteiger partial charge in [-0.25, -0.2) is 0 Å². The molecule has 0 spiro atoms. The number of rotatable bonds is 5. The highest BCUT2D eigenvalue weighted by Crippen LogP contribution is 2.44. The lowest BCUT2D eigenvalue weighted by Gasteiger charge is -2.33. The summed E-state index contributed by atoms with van der Waals surface area (Å²) in [5, 5.41) is 0. The summed E-state index contributed by atoms with van der Waals surface area (Å²) < 4.78 is 0. The molecule has 0 aromatic heterocycles. The molecule has 21 heavy (non-hydrogen) atoms. The van der Waals surface area contributed by atoms with Gasteiger partial charge in [-0.05, 0) is 35.1 Å². The Morgan fingerprint density at radius 2 is 1.62 bits per heavy atom. The fourth-order valence-electron chi connectivity index (χ4n) is 2.83. The molecule has 2 aromatic carbocycles. The third-order valence-corrected chi connectivity index (χ3v) is 6.06. The van der Waals surface area contributed by atoms with Crippen LogP contribution in [0.3, 0.4) is 0 Å². The van der Waals surface area contributed by atoms with E-state index in [1.54, 1.807) is 0 Å². The molecular weight excluding hydrogens is 320 g/mol. The number of alkyl halides is 1. The maximum atomic E-state index is 4.00. The van der Waals surface area contributed by atoms with E-state index in [4.69, 9.17) is 0 Å². The normalized spacial score (nSPS) is 13.2. The number of aryl methyl sites for hydroxylation is 2. The van der Waals surface area contributed by atoms with Gasteiger partial charge in [-0.15, -0.1) is 0 Å². The fourth-order valence-corrected chi connectivity index (χ4v) is 3.52. The van der Waals surface area contributed by atoms with Crippen LogP contribution in [0, 0.1) is 0 Å². The van der Waals surface area contributed by atoms with Crippen molar-refractivity contribution in [1.29, 1.82) is 0 Å². The summed E-state index contributed by atoms with van der Waals surface area (Å²) in [6, 6.07) is 17.7. The Morgan fingerprint density at radius 1 is 0.952 bits per heavy atom. The first-order valence-corrected chi connectivity index (χ1v) is 8.73. The quantitative estimate of drug-likeness (QED) is 0.564. The highest BCUT2D eigenvalue weighted by atomic mass is 79.9. The summed E-state index contributed by atoms with van der Waals surface area (Å²) in [5.74, 6) is 0. The molecular formula is C20H25Br. The molecule has 0 saturated carbocycles. The van der Waals surface area contributed by atoms with Gasteiger partial charge in [0.2, 0.25) is 0 Å². The van der Waals surface area contributed by atoms with E-state index in [1.807, 2.05) is 0 Å². The standard InChI is InChI=1S/C20H25Br/c1-5-15-12-13-16(6-2)18(14-15)19(21)20(3,4)17-10-8-7-9-11-17/h7-14,19H,5-6H2,1-4H3. The molecule has 0 N–H and O–H groups in total. The van der Waals surface area contributed by atoms with Crippen molar-refractivity contribution in [3.8, 4) is 0 Å². The first kappa shape index (κ1) is 16.3. The van der Waals surface area contributed by atoms with Crippen LogP contribution in [0.2, 0.25) is 0 Å². The van der Waals surface area contributed by atoms with Gasteiger partial charge in [0, 0.05) is 10.2 Å². The van der Waals surface area contributed by atoms with Crippen molar-refractivity contribution in [2.24, 2.45) is 0 Å². The van der Waals surface area contributed by atoms with E-state index in [0.29, 0.717) is 4.83 Å². The van der Waals surface area contributed by atoms with Crippen LogP contribution < -0.4 is 0 Å². The van der Waals surface area contributed by atoms with Gasteiger partial charge in [-0.1, -0.05) is 92.2 Å². The highest BCUT2D eigenvalue weighted by Gasteiger charge is 2.31. The zero-order valence-electron chi connectivity index (χ0n) is 13.5. The largest absolute Gasteiger partial charge is 0.0829 e. The van der Waals surface area contributed by atoms with E-state index in [-0.39, 0.29) is 5.41 Å². The van der Waals surface area contributed by atoms with E-state index < -0.39 is 0 Å². The molecule has 0 nitrogen and oxygen atoms in total. The minimum absolute atomic E-state index is 0.0531. The second kappa shape index (κ2) is 6.79. The van der Waals surface area contributed by atoms with E-state index >= 15 is 0 Å². The molecule has 2 rings (SSSR count). The van der Waals surface area contributed by atoms with Crippen molar-refractivity contribution < 1.29 is 0 Å². The van der Waals surface area contributed by atoms with E-state index in [0.717, 1.165) is 12.8 Å². The lowest BCUT2D eigenvalue weighted by Crippen LogP contribution is -2.24. The van der Waals surface area contributed by atoms with Gasteiger partial charge in [0.05, 0.1) is 0 Å². The van der Waals surface area contributed by atoms with Crippen LogP contribution in [0.15, 0.2) is 48.5 Å². The molecule has 0 amide bonds. The topological polar surface area (TPSA) is 0 Å². The molecule has 0 heterocycles. The van der Waals surface area contributed by atoms with Crippen LogP contribution in [-0.4, -0.2) is 0 Å². The second-order valence-electron chi connectivity index (χ2n) is 6.19. The number of benzene rings is 2. The van der Waals surface area contributed by atoms with Gasteiger partial charge in [-0.2, -0.15) is 0 Å². The molecule has 0 saturated heterocycles. The predicted octanol–water partition coefficient (Wildman–Crippen LogP) is 6.23. The van der Waals surface area contributed by atoms with Crippen LogP contribution in [0.5, 0.6) is 0 Å². The monoisotopic (exact) mass is 344 g/mol. The van der Waals surface area contributed by atoms with Crippen LogP contribution in [0.1, 0.15) is 54.8 Å². The van der Waals surface area contributed by atoms with Crippen LogP contribution >= 0.6 is 15.9 Å². The number of halogens is 1. The molecule has 1 atom stereocenters. The Kier molecular flexibility index (Phi) is 5.27. The summed E-state index contributed by atoms with van der Waals surface area (Å²) in [6.45, 7) is 9.09. The highest BCUT2D eigenvalue weighted by molar-refractivity contribution is 9.09. The van der Waals surface area contributed by atoms with Crippen molar-refractivity contribution >= 4 is 15.9 Å². The smallest absolute Gasteiger partial charge is 0.0489 e. The van der Waals surface area contributed by atoms with Crippen molar-refractivity contribution in [1.82, 2.24) is 0 Å². The lowest BCUT2D eigenvalue weighted by molar-refractivity contribution is 0.515. The molecule has 0 aliphatic carbocycles. The van der Waals surface area contributed by atoms with Gasteiger partial charge < -0.3 is 0 Å².